The molecule has 0 atom stereocenters. The summed E-state index contributed by atoms with van der Waals surface area (Å²) in [6, 6.07) is 7.40. The lowest BCUT2D eigenvalue weighted by molar-refractivity contribution is 1.32. The second-order valence-corrected chi connectivity index (χ2v) is 4.51. The molecule has 0 amide bonds. The van der Waals surface area contributed by atoms with Gasteiger partial charge in [-0.25, -0.2) is 9.97 Å². The largest absolute Gasteiger partial charge is 0.391 e. The number of imidazole rings is 1. The van der Waals surface area contributed by atoms with Gasteiger partial charge in [-0.15, -0.1) is 11.3 Å². The van der Waals surface area contributed by atoms with Crippen molar-refractivity contribution in [2.45, 2.75) is 0 Å². The normalized spacial score (nSPS) is 11.0. The van der Waals surface area contributed by atoms with E-state index >= 15 is 0 Å². The SMILES string of the molecule is Nc1ccc2[nH]c(-c3ccc(N)s3)nc2n1. The Balaban J connectivity index is 2.18. The van der Waals surface area contributed by atoms with Gasteiger partial charge < -0.3 is 16.5 Å². The van der Waals surface area contributed by atoms with Crippen molar-refractivity contribution in [3.05, 3.63) is 24.3 Å². The number of hydrogen-bond acceptors (Lipinski definition) is 5. The number of anilines is 2. The molecule has 0 aliphatic heterocycles. The Morgan fingerprint density at radius 2 is 1.94 bits per heavy atom. The second-order valence-electron chi connectivity index (χ2n) is 3.39. The molecule has 0 aliphatic rings. The van der Waals surface area contributed by atoms with Crippen LogP contribution < -0.4 is 11.5 Å². The van der Waals surface area contributed by atoms with E-state index < -0.39 is 0 Å². The molecule has 6 heteroatoms. The monoisotopic (exact) mass is 231 g/mol. The number of nitrogens with one attached hydrogen (secondary N) is 1. The number of thiophene rings is 1. The maximum absolute atomic E-state index is 5.68. The van der Waals surface area contributed by atoms with E-state index in [-0.39, 0.29) is 0 Å². The minimum atomic E-state index is 0.469. The topological polar surface area (TPSA) is 93.6 Å². The summed E-state index contributed by atoms with van der Waals surface area (Å²) in [7, 11) is 0. The summed E-state index contributed by atoms with van der Waals surface area (Å²) < 4.78 is 0. The fourth-order valence-corrected chi connectivity index (χ4v) is 2.22. The van der Waals surface area contributed by atoms with E-state index in [1.54, 1.807) is 6.07 Å². The van der Waals surface area contributed by atoms with Gasteiger partial charge in [0.05, 0.1) is 15.4 Å². The summed E-state index contributed by atoms with van der Waals surface area (Å²) in [6.45, 7) is 0. The molecule has 0 saturated heterocycles. The molecule has 3 aromatic heterocycles. The number of fused-ring (bicyclic) bond motifs is 1. The van der Waals surface area contributed by atoms with E-state index in [9.17, 15) is 0 Å². The van der Waals surface area contributed by atoms with Crippen LogP contribution in [0.5, 0.6) is 0 Å². The van der Waals surface area contributed by atoms with Crippen LogP contribution >= 0.6 is 11.3 Å². The third-order valence-corrected chi connectivity index (χ3v) is 3.15. The molecule has 3 rings (SSSR count). The van der Waals surface area contributed by atoms with Crippen molar-refractivity contribution in [1.29, 1.82) is 0 Å². The molecule has 3 aromatic rings. The van der Waals surface area contributed by atoms with Crippen molar-refractivity contribution in [3.8, 4) is 10.7 Å². The average molecular weight is 231 g/mol. The highest BCUT2D eigenvalue weighted by Gasteiger charge is 2.08. The standard InChI is InChI=1S/C10H9N5S/c11-7-3-1-5-9(14-7)15-10(13-5)6-2-4-8(12)16-6/h1-4H,12H2,(H3,11,13,14,15). The third-order valence-electron chi connectivity index (χ3n) is 2.23. The Labute approximate surface area is 95.1 Å². The van der Waals surface area contributed by atoms with Gasteiger partial charge in [0.2, 0.25) is 0 Å². The van der Waals surface area contributed by atoms with Gasteiger partial charge in [-0.2, -0.15) is 0 Å². The maximum atomic E-state index is 5.68. The molecular weight excluding hydrogens is 222 g/mol. The predicted octanol–water partition coefficient (Wildman–Crippen LogP) is 1.85. The molecule has 80 valence electrons. The first kappa shape index (κ1) is 9.17. The van der Waals surface area contributed by atoms with Crippen molar-refractivity contribution in [2.75, 3.05) is 11.5 Å². The molecule has 3 heterocycles. The van der Waals surface area contributed by atoms with Gasteiger partial charge >= 0.3 is 0 Å². The lowest BCUT2D eigenvalue weighted by atomic mass is 10.4. The highest BCUT2D eigenvalue weighted by Crippen LogP contribution is 2.28. The number of nitrogens with two attached hydrogens (primary N) is 2. The fraction of sp³-hybridized carbons (Fsp3) is 0. The fourth-order valence-electron chi connectivity index (χ4n) is 1.50. The Morgan fingerprint density at radius 1 is 1.06 bits per heavy atom. The van der Waals surface area contributed by atoms with Crippen molar-refractivity contribution in [1.82, 2.24) is 15.0 Å². The van der Waals surface area contributed by atoms with Gasteiger partial charge in [0, 0.05) is 0 Å². The zero-order valence-electron chi connectivity index (χ0n) is 8.27. The first-order valence-electron chi connectivity index (χ1n) is 4.70. The highest BCUT2D eigenvalue weighted by atomic mass is 32.1. The predicted molar refractivity (Wildman–Crippen MR) is 66.0 cm³/mol. The van der Waals surface area contributed by atoms with Crippen LogP contribution in [-0.4, -0.2) is 15.0 Å². The van der Waals surface area contributed by atoms with Crippen LogP contribution in [-0.2, 0) is 0 Å². The van der Waals surface area contributed by atoms with Crippen molar-refractivity contribution in [2.24, 2.45) is 0 Å². The number of aromatic nitrogens is 3. The van der Waals surface area contributed by atoms with Crippen molar-refractivity contribution in [3.63, 3.8) is 0 Å². The minimum absolute atomic E-state index is 0.469. The van der Waals surface area contributed by atoms with Gasteiger partial charge in [0.15, 0.2) is 11.5 Å². The lowest BCUT2D eigenvalue weighted by Gasteiger charge is -1.88. The molecule has 0 spiro atoms. The van der Waals surface area contributed by atoms with Gasteiger partial charge in [-0.1, -0.05) is 0 Å². The number of pyridine rings is 1. The molecule has 0 aromatic carbocycles. The Hall–Kier alpha value is -2.08. The number of nitrogens with zero attached hydrogens (tertiary/aromatic N) is 2. The number of nitrogen functional groups attached to an aromatic ring is 2. The molecule has 0 saturated carbocycles. The van der Waals surface area contributed by atoms with Gasteiger partial charge in [0.1, 0.15) is 5.82 Å². The molecule has 5 nitrogen and oxygen atoms in total. The Morgan fingerprint density at radius 3 is 2.69 bits per heavy atom. The van der Waals surface area contributed by atoms with Crippen LogP contribution in [0.2, 0.25) is 0 Å². The first-order valence-corrected chi connectivity index (χ1v) is 5.52. The zero-order chi connectivity index (χ0) is 11.1. The van der Waals surface area contributed by atoms with Crippen LogP contribution in [0.1, 0.15) is 0 Å². The van der Waals surface area contributed by atoms with E-state index in [1.807, 2.05) is 18.2 Å². The molecule has 5 N–H and O–H groups in total. The number of hydrogen-bond donors (Lipinski definition) is 3. The van der Waals surface area contributed by atoms with Gasteiger partial charge in [-0.3, -0.25) is 0 Å². The summed E-state index contributed by atoms with van der Waals surface area (Å²) in [5.74, 6) is 1.24. The molecule has 0 fully saturated rings. The maximum Gasteiger partial charge on any atom is 0.180 e. The summed E-state index contributed by atoms with van der Waals surface area (Å²) in [5, 5.41) is 0.767. The van der Waals surface area contributed by atoms with Crippen molar-refractivity contribution < 1.29 is 0 Å². The van der Waals surface area contributed by atoms with E-state index in [0.29, 0.717) is 11.5 Å². The summed E-state index contributed by atoms with van der Waals surface area (Å²) in [4.78, 5) is 12.7. The molecule has 0 bridgehead atoms. The molecule has 0 radical (unpaired) electrons. The zero-order valence-corrected chi connectivity index (χ0v) is 9.08. The Kier molecular flexibility index (Phi) is 1.84. The highest BCUT2D eigenvalue weighted by molar-refractivity contribution is 7.19. The van der Waals surface area contributed by atoms with Crippen LogP contribution in [0, 0.1) is 0 Å². The van der Waals surface area contributed by atoms with Crippen molar-refractivity contribution >= 4 is 33.3 Å². The first-order chi connectivity index (χ1) is 7.72. The van der Waals surface area contributed by atoms with Crippen LogP contribution in [0.15, 0.2) is 24.3 Å². The summed E-state index contributed by atoms with van der Waals surface area (Å²) in [5.41, 5.74) is 12.8. The molecule has 16 heavy (non-hydrogen) atoms. The van der Waals surface area contributed by atoms with E-state index in [0.717, 1.165) is 21.2 Å². The smallest absolute Gasteiger partial charge is 0.180 e. The summed E-state index contributed by atoms with van der Waals surface area (Å²) in [6.07, 6.45) is 0. The number of aromatic amines is 1. The molecule has 0 unspecified atom stereocenters. The quantitative estimate of drug-likeness (QED) is 0.595. The minimum Gasteiger partial charge on any atom is -0.391 e. The Bertz CT molecular complexity index is 654. The van der Waals surface area contributed by atoms with Gasteiger partial charge in [-0.05, 0) is 24.3 Å². The van der Waals surface area contributed by atoms with Crippen LogP contribution in [0.25, 0.3) is 21.9 Å². The van der Waals surface area contributed by atoms with Crippen LogP contribution in [0.3, 0.4) is 0 Å². The summed E-state index contributed by atoms with van der Waals surface area (Å²) >= 11 is 1.49. The van der Waals surface area contributed by atoms with E-state index in [2.05, 4.69) is 15.0 Å². The lowest BCUT2D eigenvalue weighted by Crippen LogP contribution is -1.88. The number of H-pyrrole nitrogens is 1. The average Bonchev–Trinajstić information content (AvgIpc) is 2.83. The van der Waals surface area contributed by atoms with E-state index in [4.69, 9.17) is 11.5 Å². The molecule has 0 aliphatic carbocycles. The van der Waals surface area contributed by atoms with E-state index in [1.165, 1.54) is 11.3 Å². The number of rotatable bonds is 1. The molecular formula is C10H9N5S. The van der Waals surface area contributed by atoms with Crippen LogP contribution in [0.4, 0.5) is 10.8 Å². The second kappa shape index (κ2) is 3.21. The van der Waals surface area contributed by atoms with Gasteiger partial charge in [0.25, 0.3) is 0 Å². The third kappa shape index (κ3) is 1.40.